The van der Waals surface area contributed by atoms with Gasteiger partial charge in [-0.1, -0.05) is 17.7 Å². The molecule has 2 nitrogen and oxygen atoms in total. The summed E-state index contributed by atoms with van der Waals surface area (Å²) in [4.78, 5) is 0. The monoisotopic (exact) mass is 283 g/mol. The number of halogens is 3. The number of hydrogen-bond acceptors (Lipinski definition) is 2. The summed E-state index contributed by atoms with van der Waals surface area (Å²) in [6.07, 6.45) is 0. The third kappa shape index (κ3) is 3.43. The van der Waals surface area contributed by atoms with Crippen LogP contribution in [0.3, 0.4) is 0 Å². The average molecular weight is 284 g/mol. The van der Waals surface area contributed by atoms with Gasteiger partial charge in [-0.3, -0.25) is 0 Å². The maximum Gasteiger partial charge on any atom is 0.141 e. The van der Waals surface area contributed by atoms with E-state index < -0.39 is 5.82 Å². The van der Waals surface area contributed by atoms with E-state index in [1.165, 1.54) is 30.3 Å². The Morgan fingerprint density at radius 1 is 1.11 bits per heavy atom. The van der Waals surface area contributed by atoms with Crippen molar-refractivity contribution in [3.05, 3.63) is 64.2 Å². The Labute approximate surface area is 114 Å². The average Bonchev–Trinajstić information content (AvgIpc) is 2.41. The Morgan fingerprint density at radius 3 is 2.58 bits per heavy atom. The summed E-state index contributed by atoms with van der Waals surface area (Å²) in [7, 11) is 0. The highest BCUT2D eigenvalue weighted by Gasteiger charge is 2.06. The summed E-state index contributed by atoms with van der Waals surface area (Å²) in [5.74, 6) is -0.336. The summed E-state index contributed by atoms with van der Waals surface area (Å²) >= 11 is 5.67. The van der Waals surface area contributed by atoms with Crippen molar-refractivity contribution in [2.75, 3.05) is 0 Å². The molecule has 5 heteroatoms. The van der Waals surface area contributed by atoms with Gasteiger partial charge in [0.15, 0.2) is 0 Å². The molecular formula is C14H12ClF2NO. The molecule has 0 heterocycles. The second kappa shape index (κ2) is 5.99. The van der Waals surface area contributed by atoms with Crippen molar-refractivity contribution in [3.63, 3.8) is 0 Å². The molecule has 0 aromatic heterocycles. The molecule has 0 saturated heterocycles. The van der Waals surface area contributed by atoms with Crippen LogP contribution in [0.25, 0.3) is 0 Å². The third-order valence-electron chi connectivity index (χ3n) is 2.62. The van der Waals surface area contributed by atoms with Gasteiger partial charge in [0.25, 0.3) is 0 Å². The van der Waals surface area contributed by atoms with Gasteiger partial charge in [0, 0.05) is 12.1 Å². The lowest BCUT2D eigenvalue weighted by Crippen LogP contribution is -2.03. The normalized spacial score (nSPS) is 10.5. The quantitative estimate of drug-likeness (QED) is 0.929. The SMILES string of the molecule is NCc1cc(F)ccc1OCc1ccc(F)c(Cl)c1. The fraction of sp³-hybridized carbons (Fsp3) is 0.143. The molecular weight excluding hydrogens is 272 g/mol. The van der Waals surface area contributed by atoms with E-state index in [0.29, 0.717) is 11.3 Å². The van der Waals surface area contributed by atoms with Crippen LogP contribution in [0.5, 0.6) is 5.75 Å². The zero-order valence-corrected chi connectivity index (χ0v) is 10.8. The van der Waals surface area contributed by atoms with E-state index in [-0.39, 0.29) is 24.0 Å². The van der Waals surface area contributed by atoms with Crippen LogP contribution in [0, 0.1) is 11.6 Å². The summed E-state index contributed by atoms with van der Waals surface area (Å²) in [5.41, 5.74) is 6.81. The topological polar surface area (TPSA) is 35.2 Å². The summed E-state index contributed by atoms with van der Waals surface area (Å²) in [5, 5.41) is 0.0410. The van der Waals surface area contributed by atoms with Crippen LogP contribution in [0.15, 0.2) is 36.4 Å². The molecule has 0 aliphatic rings. The summed E-state index contributed by atoms with van der Waals surface area (Å²) in [6, 6.07) is 8.48. The Hall–Kier alpha value is -1.65. The van der Waals surface area contributed by atoms with Crippen LogP contribution in [0.2, 0.25) is 5.02 Å². The number of ether oxygens (including phenoxy) is 1. The predicted molar refractivity (Wildman–Crippen MR) is 70.0 cm³/mol. The standard InChI is InChI=1S/C14H12ClF2NO/c15-12-5-9(1-3-13(12)17)8-19-14-4-2-11(16)6-10(14)7-18/h1-6H,7-8,18H2. The summed E-state index contributed by atoms with van der Waals surface area (Å²) in [6.45, 7) is 0.385. The molecule has 0 saturated carbocycles. The minimum Gasteiger partial charge on any atom is -0.489 e. The number of rotatable bonds is 4. The van der Waals surface area contributed by atoms with Crippen molar-refractivity contribution in [1.82, 2.24) is 0 Å². The molecule has 0 bridgehead atoms. The second-order valence-electron chi connectivity index (χ2n) is 3.99. The lowest BCUT2D eigenvalue weighted by atomic mass is 10.2. The van der Waals surface area contributed by atoms with Crippen molar-refractivity contribution in [2.45, 2.75) is 13.2 Å². The number of nitrogens with two attached hydrogens (primary N) is 1. The maximum absolute atomic E-state index is 13.0. The van der Waals surface area contributed by atoms with E-state index in [0.717, 1.165) is 5.56 Å². The van der Waals surface area contributed by atoms with E-state index in [1.54, 1.807) is 6.07 Å². The maximum atomic E-state index is 13.0. The van der Waals surface area contributed by atoms with Crippen molar-refractivity contribution in [1.29, 1.82) is 0 Å². The molecule has 0 atom stereocenters. The van der Waals surface area contributed by atoms with Gasteiger partial charge in [-0.15, -0.1) is 0 Å². The van der Waals surface area contributed by atoms with Crippen molar-refractivity contribution in [3.8, 4) is 5.75 Å². The highest BCUT2D eigenvalue weighted by atomic mass is 35.5. The smallest absolute Gasteiger partial charge is 0.141 e. The minimum absolute atomic E-state index is 0.0410. The first-order chi connectivity index (χ1) is 9.10. The zero-order valence-electron chi connectivity index (χ0n) is 10.00. The van der Waals surface area contributed by atoms with Crippen LogP contribution in [0.1, 0.15) is 11.1 Å². The molecule has 0 spiro atoms. The number of benzene rings is 2. The molecule has 19 heavy (non-hydrogen) atoms. The molecule has 0 aliphatic carbocycles. The molecule has 2 aromatic carbocycles. The molecule has 2 N–H and O–H groups in total. The van der Waals surface area contributed by atoms with Crippen LogP contribution in [-0.2, 0) is 13.2 Å². The summed E-state index contributed by atoms with van der Waals surface area (Å²) < 4.78 is 31.6. The molecule has 2 rings (SSSR count). The van der Waals surface area contributed by atoms with Crippen LogP contribution in [0.4, 0.5) is 8.78 Å². The van der Waals surface area contributed by atoms with Gasteiger partial charge in [-0.2, -0.15) is 0 Å². The number of hydrogen-bond donors (Lipinski definition) is 1. The molecule has 100 valence electrons. The van der Waals surface area contributed by atoms with E-state index >= 15 is 0 Å². The van der Waals surface area contributed by atoms with Gasteiger partial charge in [0.2, 0.25) is 0 Å². The van der Waals surface area contributed by atoms with Gasteiger partial charge < -0.3 is 10.5 Å². The molecule has 0 unspecified atom stereocenters. The van der Waals surface area contributed by atoms with Gasteiger partial charge >= 0.3 is 0 Å². The molecule has 2 aromatic rings. The first-order valence-corrected chi connectivity index (χ1v) is 6.03. The fourth-order valence-corrected chi connectivity index (χ4v) is 1.84. The first kappa shape index (κ1) is 13.8. The lowest BCUT2D eigenvalue weighted by Gasteiger charge is -2.10. The second-order valence-corrected chi connectivity index (χ2v) is 4.40. The Bertz CT molecular complexity index is 590. The van der Waals surface area contributed by atoms with Gasteiger partial charge in [-0.25, -0.2) is 8.78 Å². The van der Waals surface area contributed by atoms with Crippen LogP contribution in [-0.4, -0.2) is 0 Å². The molecule has 0 fully saturated rings. The largest absolute Gasteiger partial charge is 0.489 e. The Kier molecular flexibility index (Phi) is 4.35. The predicted octanol–water partition coefficient (Wildman–Crippen LogP) is 3.66. The van der Waals surface area contributed by atoms with E-state index in [9.17, 15) is 8.78 Å². The highest BCUT2D eigenvalue weighted by Crippen LogP contribution is 2.22. The highest BCUT2D eigenvalue weighted by molar-refractivity contribution is 6.30. The van der Waals surface area contributed by atoms with Gasteiger partial charge in [0.1, 0.15) is 24.0 Å². The first-order valence-electron chi connectivity index (χ1n) is 5.65. The fourth-order valence-electron chi connectivity index (χ4n) is 1.64. The molecule has 0 aliphatic heterocycles. The lowest BCUT2D eigenvalue weighted by molar-refractivity contribution is 0.302. The van der Waals surface area contributed by atoms with Crippen LogP contribution >= 0.6 is 11.6 Å². The van der Waals surface area contributed by atoms with E-state index in [4.69, 9.17) is 22.1 Å². The van der Waals surface area contributed by atoms with Crippen LogP contribution < -0.4 is 10.5 Å². The molecule has 0 radical (unpaired) electrons. The molecule has 0 amide bonds. The Balaban J connectivity index is 2.12. The zero-order chi connectivity index (χ0) is 13.8. The van der Waals surface area contributed by atoms with Gasteiger partial charge in [-0.05, 0) is 35.9 Å². The van der Waals surface area contributed by atoms with Gasteiger partial charge in [0.05, 0.1) is 5.02 Å². The van der Waals surface area contributed by atoms with Crippen molar-refractivity contribution < 1.29 is 13.5 Å². The van der Waals surface area contributed by atoms with Crippen molar-refractivity contribution in [2.24, 2.45) is 5.73 Å². The van der Waals surface area contributed by atoms with E-state index in [1.807, 2.05) is 0 Å². The third-order valence-corrected chi connectivity index (χ3v) is 2.91. The minimum atomic E-state index is -0.477. The van der Waals surface area contributed by atoms with E-state index in [2.05, 4.69) is 0 Å². The van der Waals surface area contributed by atoms with Crippen molar-refractivity contribution >= 4 is 11.6 Å². The Morgan fingerprint density at radius 2 is 1.89 bits per heavy atom.